The number of fused-ring (bicyclic) bond motifs is 2. The largest absolute Gasteiger partial charge is 0.490 e. The van der Waals surface area contributed by atoms with Gasteiger partial charge in [-0.3, -0.25) is 14.5 Å². The number of benzene rings is 3. The van der Waals surface area contributed by atoms with Gasteiger partial charge in [0.25, 0.3) is 5.91 Å². The van der Waals surface area contributed by atoms with E-state index >= 15 is 0 Å². The Kier molecular flexibility index (Phi) is 7.19. The number of hydrogen-bond donors (Lipinski definition) is 0. The SMILES string of the molecule is C=CCOc1ccc(C2c3c(oc4ccccc4c3=O)C(=O)N2c2ccc(C(=O)OCC)cc2)cc1OCC. The number of para-hydroxylation sites is 1. The van der Waals surface area contributed by atoms with E-state index in [9.17, 15) is 14.4 Å². The molecule has 0 saturated heterocycles. The number of carbonyl (C=O) groups excluding carboxylic acids is 2. The number of ether oxygens (including phenoxy) is 3. The molecular formula is C31H27NO7. The van der Waals surface area contributed by atoms with Gasteiger partial charge in [-0.25, -0.2) is 4.79 Å². The molecule has 1 aliphatic heterocycles. The van der Waals surface area contributed by atoms with Crippen LogP contribution in [0.1, 0.15) is 51.9 Å². The molecule has 1 amide bonds. The highest BCUT2D eigenvalue weighted by atomic mass is 16.5. The molecule has 0 bridgehead atoms. The highest BCUT2D eigenvalue weighted by molar-refractivity contribution is 6.10. The second-order valence-corrected chi connectivity index (χ2v) is 8.75. The minimum atomic E-state index is -0.811. The van der Waals surface area contributed by atoms with Gasteiger partial charge >= 0.3 is 5.97 Å². The van der Waals surface area contributed by atoms with Crippen molar-refractivity contribution in [1.29, 1.82) is 0 Å². The van der Waals surface area contributed by atoms with Crippen molar-refractivity contribution in [2.75, 3.05) is 24.7 Å². The van der Waals surface area contributed by atoms with Gasteiger partial charge in [-0.15, -0.1) is 0 Å². The van der Waals surface area contributed by atoms with E-state index in [0.717, 1.165) is 0 Å². The summed E-state index contributed by atoms with van der Waals surface area (Å²) in [6.45, 7) is 8.20. The van der Waals surface area contributed by atoms with Gasteiger partial charge in [0.05, 0.1) is 35.8 Å². The second kappa shape index (κ2) is 10.9. The normalized spacial score (nSPS) is 14.3. The quantitative estimate of drug-likeness (QED) is 0.205. The van der Waals surface area contributed by atoms with Crippen molar-refractivity contribution in [1.82, 2.24) is 0 Å². The second-order valence-electron chi connectivity index (χ2n) is 8.75. The molecule has 0 N–H and O–H groups in total. The van der Waals surface area contributed by atoms with Crippen LogP contribution in [0.15, 0.2) is 88.6 Å². The van der Waals surface area contributed by atoms with Gasteiger partial charge in [0.15, 0.2) is 16.9 Å². The Balaban J connectivity index is 1.69. The molecule has 1 atom stereocenters. The van der Waals surface area contributed by atoms with Crippen molar-refractivity contribution >= 4 is 28.5 Å². The van der Waals surface area contributed by atoms with Gasteiger partial charge in [0.1, 0.15) is 12.2 Å². The smallest absolute Gasteiger partial charge is 0.338 e. The van der Waals surface area contributed by atoms with E-state index in [0.29, 0.717) is 52.5 Å². The molecule has 0 saturated carbocycles. The number of esters is 1. The van der Waals surface area contributed by atoms with E-state index in [4.69, 9.17) is 18.6 Å². The topological polar surface area (TPSA) is 95.3 Å². The molecule has 0 spiro atoms. The molecule has 2 heterocycles. The third kappa shape index (κ3) is 4.65. The van der Waals surface area contributed by atoms with E-state index in [-0.39, 0.29) is 23.4 Å². The van der Waals surface area contributed by atoms with E-state index < -0.39 is 17.9 Å². The molecule has 5 rings (SSSR count). The monoisotopic (exact) mass is 525 g/mol. The average molecular weight is 526 g/mol. The fourth-order valence-corrected chi connectivity index (χ4v) is 4.70. The fourth-order valence-electron chi connectivity index (χ4n) is 4.70. The van der Waals surface area contributed by atoms with Crippen LogP contribution in [-0.2, 0) is 4.74 Å². The molecule has 0 radical (unpaired) electrons. The lowest BCUT2D eigenvalue weighted by atomic mass is 9.97. The van der Waals surface area contributed by atoms with E-state index in [2.05, 4.69) is 6.58 Å². The number of amides is 1. The van der Waals surface area contributed by atoms with Crippen LogP contribution in [-0.4, -0.2) is 31.7 Å². The molecule has 39 heavy (non-hydrogen) atoms. The third-order valence-corrected chi connectivity index (χ3v) is 6.37. The van der Waals surface area contributed by atoms with Crippen molar-refractivity contribution in [2.24, 2.45) is 0 Å². The van der Waals surface area contributed by atoms with Crippen molar-refractivity contribution in [2.45, 2.75) is 19.9 Å². The van der Waals surface area contributed by atoms with Crippen LogP contribution in [0.3, 0.4) is 0 Å². The Labute approximate surface area is 225 Å². The maximum atomic E-state index is 13.9. The highest BCUT2D eigenvalue weighted by Gasteiger charge is 2.44. The summed E-state index contributed by atoms with van der Waals surface area (Å²) in [6.07, 6.45) is 1.63. The maximum absolute atomic E-state index is 13.9. The van der Waals surface area contributed by atoms with Crippen LogP contribution in [0, 0.1) is 0 Å². The van der Waals surface area contributed by atoms with E-state index in [1.165, 1.54) is 4.90 Å². The Hall–Kier alpha value is -4.85. The lowest BCUT2D eigenvalue weighted by Crippen LogP contribution is -2.29. The lowest BCUT2D eigenvalue weighted by molar-refractivity contribution is 0.0526. The summed E-state index contributed by atoms with van der Waals surface area (Å²) in [7, 11) is 0. The minimum absolute atomic E-state index is 0.0249. The molecule has 8 heteroatoms. The summed E-state index contributed by atoms with van der Waals surface area (Å²) in [6, 6.07) is 17.8. The van der Waals surface area contributed by atoms with Gasteiger partial charge in [-0.2, -0.15) is 0 Å². The maximum Gasteiger partial charge on any atom is 0.338 e. The first-order chi connectivity index (χ1) is 19.0. The molecule has 198 valence electrons. The third-order valence-electron chi connectivity index (χ3n) is 6.37. The zero-order chi connectivity index (χ0) is 27.5. The number of carbonyl (C=O) groups is 2. The molecule has 8 nitrogen and oxygen atoms in total. The Morgan fingerprint density at radius 1 is 0.974 bits per heavy atom. The first kappa shape index (κ1) is 25.8. The van der Waals surface area contributed by atoms with Crippen molar-refractivity contribution < 1.29 is 28.2 Å². The molecule has 0 aliphatic carbocycles. The molecule has 1 unspecified atom stereocenters. The zero-order valence-electron chi connectivity index (χ0n) is 21.6. The Bertz CT molecular complexity index is 1620. The van der Waals surface area contributed by atoms with Crippen LogP contribution in [0.5, 0.6) is 11.5 Å². The summed E-state index contributed by atoms with van der Waals surface area (Å²) in [4.78, 5) is 41.3. The fraction of sp³-hybridized carbons (Fsp3) is 0.194. The number of nitrogens with zero attached hydrogens (tertiary/aromatic N) is 1. The van der Waals surface area contributed by atoms with Gasteiger partial charge in [-0.05, 0) is 67.9 Å². The first-order valence-corrected chi connectivity index (χ1v) is 12.6. The summed E-state index contributed by atoms with van der Waals surface area (Å²) in [5, 5.41) is 0.379. The summed E-state index contributed by atoms with van der Waals surface area (Å²) in [5.74, 6) is 0.0347. The molecule has 0 fully saturated rings. The highest BCUT2D eigenvalue weighted by Crippen LogP contribution is 2.43. The van der Waals surface area contributed by atoms with Crippen LogP contribution in [0.25, 0.3) is 11.0 Å². The van der Waals surface area contributed by atoms with E-state index in [1.54, 1.807) is 79.7 Å². The predicted octanol–water partition coefficient (Wildman–Crippen LogP) is 5.68. The molecule has 3 aromatic carbocycles. The molecule has 1 aliphatic rings. The lowest BCUT2D eigenvalue weighted by Gasteiger charge is -2.26. The van der Waals surface area contributed by atoms with Crippen LogP contribution >= 0.6 is 0 Å². The van der Waals surface area contributed by atoms with Gasteiger partial charge in [-0.1, -0.05) is 30.9 Å². The summed E-state index contributed by atoms with van der Waals surface area (Å²) >= 11 is 0. The van der Waals surface area contributed by atoms with Crippen molar-refractivity contribution in [3.8, 4) is 11.5 Å². The first-order valence-electron chi connectivity index (χ1n) is 12.6. The number of rotatable bonds is 9. The summed E-state index contributed by atoms with van der Waals surface area (Å²) < 4.78 is 22.7. The van der Waals surface area contributed by atoms with Gasteiger partial charge in [0, 0.05) is 5.69 Å². The standard InChI is InChI=1S/C31H27NO7/c1-4-17-38-24-16-13-20(18-25(24)36-5-2)27-26-28(33)22-9-7-8-10-23(22)39-29(26)30(34)32(27)21-14-11-19(12-15-21)31(35)37-6-3/h4,7-16,18,27H,1,5-6,17H2,2-3H3. The van der Waals surface area contributed by atoms with Crippen molar-refractivity contribution in [3.63, 3.8) is 0 Å². The van der Waals surface area contributed by atoms with Crippen LogP contribution < -0.4 is 19.8 Å². The van der Waals surface area contributed by atoms with E-state index in [1.807, 2.05) is 6.92 Å². The molecule has 1 aromatic heterocycles. The van der Waals surface area contributed by atoms with Crippen molar-refractivity contribution in [3.05, 3.63) is 112 Å². The van der Waals surface area contributed by atoms with Gasteiger partial charge < -0.3 is 18.6 Å². The zero-order valence-corrected chi connectivity index (χ0v) is 21.6. The Morgan fingerprint density at radius 2 is 1.74 bits per heavy atom. The number of hydrogen-bond acceptors (Lipinski definition) is 7. The summed E-state index contributed by atoms with van der Waals surface area (Å²) in [5.41, 5.74) is 1.74. The molecular weight excluding hydrogens is 498 g/mol. The van der Waals surface area contributed by atoms with Gasteiger partial charge in [0.2, 0.25) is 5.76 Å². The minimum Gasteiger partial charge on any atom is -0.490 e. The Morgan fingerprint density at radius 3 is 2.46 bits per heavy atom. The number of anilines is 1. The average Bonchev–Trinajstić information content (AvgIpc) is 3.25. The predicted molar refractivity (Wildman–Crippen MR) is 147 cm³/mol. The molecule has 4 aromatic rings. The van der Waals surface area contributed by atoms with Crippen LogP contribution in [0.2, 0.25) is 0 Å². The van der Waals surface area contributed by atoms with Crippen LogP contribution in [0.4, 0.5) is 5.69 Å².